The second-order valence-corrected chi connectivity index (χ2v) is 6.74. The van der Waals surface area contributed by atoms with Crippen molar-refractivity contribution in [3.63, 3.8) is 0 Å². The standard InChI is InChI=1S/C18H19F3N2O2S/c1-5-25-16(24)13-8-22-17(23-15(13)18(19,20)21)26-9-14-11(3)6-10(2)7-12(14)4/h6-8H,5,9H2,1-4H3. The van der Waals surface area contributed by atoms with Gasteiger partial charge in [-0.05, 0) is 44.4 Å². The van der Waals surface area contributed by atoms with E-state index in [-0.39, 0.29) is 11.8 Å². The Morgan fingerprint density at radius 2 is 1.81 bits per heavy atom. The SMILES string of the molecule is CCOC(=O)c1cnc(SCc2c(C)cc(C)cc2C)nc1C(F)(F)F. The minimum Gasteiger partial charge on any atom is -0.462 e. The molecule has 26 heavy (non-hydrogen) atoms. The molecule has 2 aromatic rings. The number of thioether (sulfide) groups is 1. The number of aromatic nitrogens is 2. The lowest BCUT2D eigenvalue weighted by Crippen LogP contribution is -2.18. The number of benzene rings is 1. The van der Waals surface area contributed by atoms with E-state index in [1.165, 1.54) is 6.92 Å². The largest absolute Gasteiger partial charge is 0.462 e. The first-order valence-electron chi connectivity index (χ1n) is 7.94. The van der Waals surface area contributed by atoms with Crippen LogP contribution in [0.3, 0.4) is 0 Å². The smallest absolute Gasteiger partial charge is 0.434 e. The predicted octanol–water partition coefficient (Wildman–Crippen LogP) is 4.89. The summed E-state index contributed by atoms with van der Waals surface area (Å²) in [5.41, 5.74) is 2.34. The molecule has 0 saturated heterocycles. The number of carbonyl (C=O) groups excluding carboxylic acids is 1. The van der Waals surface area contributed by atoms with E-state index in [1.807, 2.05) is 32.9 Å². The van der Waals surface area contributed by atoms with Gasteiger partial charge >= 0.3 is 12.1 Å². The van der Waals surface area contributed by atoms with Gasteiger partial charge < -0.3 is 4.74 Å². The van der Waals surface area contributed by atoms with Gasteiger partial charge in [0.05, 0.1) is 6.61 Å². The topological polar surface area (TPSA) is 52.1 Å². The summed E-state index contributed by atoms with van der Waals surface area (Å²) in [5, 5.41) is -0.0373. The molecule has 4 nitrogen and oxygen atoms in total. The molecule has 0 fully saturated rings. The van der Waals surface area contributed by atoms with Crippen molar-refractivity contribution in [1.29, 1.82) is 0 Å². The zero-order chi connectivity index (χ0) is 19.5. The van der Waals surface area contributed by atoms with Gasteiger partial charge in [-0.1, -0.05) is 29.5 Å². The number of hydrogen-bond donors (Lipinski definition) is 0. The van der Waals surface area contributed by atoms with Crippen LogP contribution in [0.15, 0.2) is 23.5 Å². The number of halogens is 3. The molecule has 140 valence electrons. The number of ether oxygens (including phenoxy) is 1. The van der Waals surface area contributed by atoms with Crippen LogP contribution < -0.4 is 0 Å². The maximum Gasteiger partial charge on any atom is 0.434 e. The first-order valence-corrected chi connectivity index (χ1v) is 8.93. The molecule has 0 saturated carbocycles. The van der Waals surface area contributed by atoms with Gasteiger partial charge in [-0.3, -0.25) is 0 Å². The maximum atomic E-state index is 13.3. The van der Waals surface area contributed by atoms with Crippen molar-refractivity contribution < 1.29 is 22.7 Å². The molecule has 1 aromatic carbocycles. The Labute approximate surface area is 154 Å². The second-order valence-electron chi connectivity index (χ2n) is 5.80. The fourth-order valence-electron chi connectivity index (χ4n) is 2.58. The number of carbonyl (C=O) groups is 1. The summed E-state index contributed by atoms with van der Waals surface area (Å²) in [6, 6.07) is 4.05. The zero-order valence-corrected chi connectivity index (χ0v) is 15.7. The molecule has 2 rings (SSSR count). The molecule has 1 heterocycles. The number of esters is 1. The van der Waals surface area contributed by atoms with E-state index in [1.54, 1.807) is 0 Å². The van der Waals surface area contributed by atoms with Crippen molar-refractivity contribution in [2.75, 3.05) is 6.61 Å². The molecule has 0 aliphatic carbocycles. The number of rotatable bonds is 5. The molecular formula is C18H19F3N2O2S. The van der Waals surface area contributed by atoms with Crippen LogP contribution in [0.5, 0.6) is 0 Å². The number of nitrogens with zero attached hydrogens (tertiary/aromatic N) is 2. The van der Waals surface area contributed by atoms with Gasteiger partial charge in [-0.25, -0.2) is 14.8 Å². The molecule has 8 heteroatoms. The third-order valence-electron chi connectivity index (χ3n) is 3.72. The molecule has 0 N–H and O–H groups in total. The average molecular weight is 384 g/mol. The molecule has 0 aliphatic heterocycles. The van der Waals surface area contributed by atoms with Gasteiger partial charge in [-0.15, -0.1) is 0 Å². The van der Waals surface area contributed by atoms with Crippen LogP contribution in [0.25, 0.3) is 0 Å². The van der Waals surface area contributed by atoms with E-state index >= 15 is 0 Å². The fraction of sp³-hybridized carbons (Fsp3) is 0.389. The van der Waals surface area contributed by atoms with Crippen LogP contribution in [0.2, 0.25) is 0 Å². The Hall–Kier alpha value is -2.09. The van der Waals surface area contributed by atoms with E-state index in [2.05, 4.69) is 14.7 Å². The van der Waals surface area contributed by atoms with Crippen molar-refractivity contribution in [2.45, 2.75) is 44.8 Å². The summed E-state index contributed by atoms with van der Waals surface area (Å²) in [4.78, 5) is 19.2. The van der Waals surface area contributed by atoms with E-state index < -0.39 is 23.4 Å². The minimum atomic E-state index is -4.77. The number of alkyl halides is 3. The molecule has 0 radical (unpaired) electrons. The van der Waals surface area contributed by atoms with E-state index in [0.717, 1.165) is 40.2 Å². The lowest BCUT2D eigenvalue weighted by Gasteiger charge is -2.13. The molecule has 0 amide bonds. The van der Waals surface area contributed by atoms with Gasteiger partial charge in [0, 0.05) is 11.9 Å². The first kappa shape index (κ1) is 20.2. The first-order chi connectivity index (χ1) is 12.1. The van der Waals surface area contributed by atoms with Gasteiger partial charge in [0.1, 0.15) is 5.56 Å². The molecule has 0 aliphatic rings. The van der Waals surface area contributed by atoms with Crippen LogP contribution in [-0.4, -0.2) is 22.5 Å². The van der Waals surface area contributed by atoms with Gasteiger partial charge in [0.2, 0.25) is 0 Å². The predicted molar refractivity (Wildman–Crippen MR) is 93.2 cm³/mol. The second kappa shape index (κ2) is 8.07. The van der Waals surface area contributed by atoms with Crippen molar-refractivity contribution in [3.8, 4) is 0 Å². The van der Waals surface area contributed by atoms with Crippen LogP contribution >= 0.6 is 11.8 Å². The summed E-state index contributed by atoms with van der Waals surface area (Å²) in [5.74, 6) is -0.643. The molecule has 1 aromatic heterocycles. The molecular weight excluding hydrogens is 365 g/mol. The van der Waals surface area contributed by atoms with Gasteiger partial charge in [0.25, 0.3) is 0 Å². The minimum absolute atomic E-state index is 0.0292. The number of aryl methyl sites for hydroxylation is 3. The van der Waals surface area contributed by atoms with Gasteiger partial charge in [-0.2, -0.15) is 13.2 Å². The van der Waals surface area contributed by atoms with Crippen LogP contribution in [0, 0.1) is 20.8 Å². The monoisotopic (exact) mass is 384 g/mol. The Morgan fingerprint density at radius 3 is 2.35 bits per heavy atom. The van der Waals surface area contributed by atoms with Gasteiger partial charge in [0.15, 0.2) is 10.9 Å². The summed E-state index contributed by atoms with van der Waals surface area (Å²) in [6.45, 7) is 7.40. The van der Waals surface area contributed by atoms with E-state index in [9.17, 15) is 18.0 Å². The Balaban J connectivity index is 2.30. The lowest BCUT2D eigenvalue weighted by molar-refractivity contribution is -0.142. The highest BCUT2D eigenvalue weighted by Crippen LogP contribution is 2.33. The van der Waals surface area contributed by atoms with Crippen LogP contribution in [0.1, 0.15) is 45.2 Å². The normalized spacial score (nSPS) is 11.5. The van der Waals surface area contributed by atoms with Crippen molar-refractivity contribution in [1.82, 2.24) is 9.97 Å². The highest BCUT2D eigenvalue weighted by atomic mass is 32.2. The fourth-order valence-corrected chi connectivity index (χ4v) is 3.60. The summed E-state index contributed by atoms with van der Waals surface area (Å²) in [7, 11) is 0. The van der Waals surface area contributed by atoms with E-state index in [0.29, 0.717) is 5.75 Å². The molecule has 0 atom stereocenters. The molecule has 0 spiro atoms. The number of hydrogen-bond acceptors (Lipinski definition) is 5. The highest BCUT2D eigenvalue weighted by Gasteiger charge is 2.38. The Kier molecular flexibility index (Phi) is 6.28. The van der Waals surface area contributed by atoms with Crippen molar-refractivity contribution >= 4 is 17.7 Å². The third kappa shape index (κ3) is 4.75. The Bertz CT molecular complexity index is 800. The zero-order valence-electron chi connectivity index (χ0n) is 14.9. The summed E-state index contributed by atoms with van der Waals surface area (Å²) < 4.78 is 44.4. The Morgan fingerprint density at radius 1 is 1.19 bits per heavy atom. The van der Waals surface area contributed by atoms with Crippen molar-refractivity contribution in [2.24, 2.45) is 0 Å². The van der Waals surface area contributed by atoms with Crippen LogP contribution in [-0.2, 0) is 16.7 Å². The maximum absolute atomic E-state index is 13.3. The summed E-state index contributed by atoms with van der Waals surface area (Å²) in [6.07, 6.45) is -3.89. The molecule has 0 unspecified atom stereocenters. The van der Waals surface area contributed by atoms with E-state index in [4.69, 9.17) is 0 Å². The third-order valence-corrected chi connectivity index (χ3v) is 4.60. The highest BCUT2D eigenvalue weighted by molar-refractivity contribution is 7.98. The van der Waals surface area contributed by atoms with Crippen molar-refractivity contribution in [3.05, 3.63) is 51.8 Å². The lowest BCUT2D eigenvalue weighted by atomic mass is 10.0. The summed E-state index contributed by atoms with van der Waals surface area (Å²) >= 11 is 1.10. The molecule has 0 bridgehead atoms. The average Bonchev–Trinajstić information content (AvgIpc) is 2.53. The quantitative estimate of drug-likeness (QED) is 0.417. The van der Waals surface area contributed by atoms with Crippen LogP contribution in [0.4, 0.5) is 13.2 Å².